The first-order valence-corrected chi connectivity index (χ1v) is 7.13. The lowest BCUT2D eigenvalue weighted by molar-refractivity contribution is -0.138. The van der Waals surface area contributed by atoms with Crippen molar-refractivity contribution in [2.75, 3.05) is 0 Å². The van der Waals surface area contributed by atoms with Crippen LogP contribution in [0.1, 0.15) is 53.5 Å². The van der Waals surface area contributed by atoms with Gasteiger partial charge in [0, 0.05) is 0 Å². The Labute approximate surface area is 115 Å². The van der Waals surface area contributed by atoms with Crippen molar-refractivity contribution in [3.05, 3.63) is 33.9 Å². The summed E-state index contributed by atoms with van der Waals surface area (Å²) in [5.74, 6) is 0.125. The largest absolute Gasteiger partial charge is 0.481 e. The van der Waals surface area contributed by atoms with E-state index < -0.39 is 5.97 Å². The van der Waals surface area contributed by atoms with Crippen LogP contribution in [-0.2, 0) is 4.79 Å². The van der Waals surface area contributed by atoms with E-state index in [1.165, 1.54) is 27.8 Å². The molecule has 0 heterocycles. The highest BCUT2D eigenvalue weighted by Gasteiger charge is 2.43. The van der Waals surface area contributed by atoms with E-state index >= 15 is 0 Å². The molecule has 1 fully saturated rings. The molecule has 2 nitrogen and oxygen atoms in total. The van der Waals surface area contributed by atoms with Gasteiger partial charge in [-0.2, -0.15) is 0 Å². The van der Waals surface area contributed by atoms with Crippen LogP contribution >= 0.6 is 0 Å². The van der Waals surface area contributed by atoms with Gasteiger partial charge in [0.2, 0.25) is 0 Å². The minimum atomic E-state index is -0.619. The molecule has 0 spiro atoms. The molecule has 0 radical (unpaired) electrons. The standard InChI is InChI=1S/C17H24O2/c1-9-6-10(2)13(5)16(12(9)4)11(3)7-14-8-15(14)17(18)19/h6,11,14-15H,7-8H2,1-5H3,(H,18,19). The van der Waals surface area contributed by atoms with Crippen molar-refractivity contribution in [3.8, 4) is 0 Å². The van der Waals surface area contributed by atoms with Gasteiger partial charge in [-0.3, -0.25) is 4.79 Å². The highest BCUT2D eigenvalue weighted by Crippen LogP contribution is 2.46. The van der Waals surface area contributed by atoms with Gasteiger partial charge >= 0.3 is 5.97 Å². The van der Waals surface area contributed by atoms with Crippen LogP contribution in [0.15, 0.2) is 6.07 Å². The van der Waals surface area contributed by atoms with E-state index in [-0.39, 0.29) is 5.92 Å². The first-order chi connectivity index (χ1) is 8.82. The Bertz CT molecular complexity index is 490. The lowest BCUT2D eigenvalue weighted by Gasteiger charge is -2.21. The van der Waals surface area contributed by atoms with Crippen LogP contribution < -0.4 is 0 Å². The molecule has 104 valence electrons. The summed E-state index contributed by atoms with van der Waals surface area (Å²) >= 11 is 0. The maximum absolute atomic E-state index is 10.9. The van der Waals surface area contributed by atoms with Gasteiger partial charge in [0.25, 0.3) is 0 Å². The Morgan fingerprint density at radius 1 is 1.26 bits per heavy atom. The van der Waals surface area contributed by atoms with E-state index in [1.807, 2.05) is 0 Å². The normalized spacial score (nSPS) is 23.2. The molecule has 1 aliphatic rings. The van der Waals surface area contributed by atoms with Crippen molar-refractivity contribution in [2.24, 2.45) is 11.8 Å². The number of aryl methyl sites for hydroxylation is 2. The van der Waals surface area contributed by atoms with Gasteiger partial charge in [0.1, 0.15) is 0 Å². The van der Waals surface area contributed by atoms with Crippen molar-refractivity contribution in [1.29, 1.82) is 0 Å². The molecule has 0 amide bonds. The second-order valence-corrected chi connectivity index (χ2v) is 6.25. The molecule has 0 saturated heterocycles. The summed E-state index contributed by atoms with van der Waals surface area (Å²) in [6.07, 6.45) is 1.87. The summed E-state index contributed by atoms with van der Waals surface area (Å²) < 4.78 is 0. The molecule has 3 atom stereocenters. The van der Waals surface area contributed by atoms with Gasteiger partial charge in [0.05, 0.1) is 5.92 Å². The molecular formula is C17H24O2. The fraction of sp³-hybridized carbons (Fsp3) is 0.588. The monoisotopic (exact) mass is 260 g/mol. The fourth-order valence-corrected chi connectivity index (χ4v) is 3.37. The average Bonchev–Trinajstić information content (AvgIpc) is 3.06. The van der Waals surface area contributed by atoms with Crippen molar-refractivity contribution < 1.29 is 9.90 Å². The summed E-state index contributed by atoms with van der Waals surface area (Å²) in [5, 5.41) is 9.00. The molecule has 0 bridgehead atoms. The smallest absolute Gasteiger partial charge is 0.306 e. The minimum Gasteiger partial charge on any atom is -0.481 e. The van der Waals surface area contributed by atoms with Crippen LogP contribution in [0.3, 0.4) is 0 Å². The third kappa shape index (κ3) is 2.68. The molecule has 2 heteroatoms. The Hall–Kier alpha value is -1.31. The van der Waals surface area contributed by atoms with Crippen molar-refractivity contribution >= 4 is 5.97 Å². The first-order valence-electron chi connectivity index (χ1n) is 7.13. The second kappa shape index (κ2) is 4.99. The maximum Gasteiger partial charge on any atom is 0.306 e. The SMILES string of the molecule is Cc1cc(C)c(C)c(C(C)CC2CC2C(=O)O)c1C. The lowest BCUT2D eigenvalue weighted by atomic mass is 9.84. The predicted molar refractivity (Wildman–Crippen MR) is 77.7 cm³/mol. The zero-order valence-electron chi connectivity index (χ0n) is 12.6. The average molecular weight is 260 g/mol. The summed E-state index contributed by atoms with van der Waals surface area (Å²) in [5.41, 5.74) is 6.88. The number of benzene rings is 1. The van der Waals surface area contributed by atoms with E-state index in [0.29, 0.717) is 11.8 Å². The summed E-state index contributed by atoms with van der Waals surface area (Å²) in [4.78, 5) is 10.9. The Balaban J connectivity index is 2.20. The van der Waals surface area contributed by atoms with Gasteiger partial charge < -0.3 is 5.11 Å². The highest BCUT2D eigenvalue weighted by atomic mass is 16.4. The van der Waals surface area contributed by atoms with E-state index in [2.05, 4.69) is 40.7 Å². The number of carbonyl (C=O) groups is 1. The molecule has 1 saturated carbocycles. The summed E-state index contributed by atoms with van der Waals surface area (Å²) in [6.45, 7) is 10.9. The van der Waals surface area contributed by atoms with E-state index in [4.69, 9.17) is 5.11 Å². The van der Waals surface area contributed by atoms with Crippen LogP contribution in [0.2, 0.25) is 0 Å². The van der Waals surface area contributed by atoms with Crippen molar-refractivity contribution in [2.45, 2.75) is 53.4 Å². The number of rotatable bonds is 4. The second-order valence-electron chi connectivity index (χ2n) is 6.25. The summed E-state index contributed by atoms with van der Waals surface area (Å²) in [7, 11) is 0. The molecule has 1 aromatic carbocycles. The van der Waals surface area contributed by atoms with Crippen molar-refractivity contribution in [1.82, 2.24) is 0 Å². The molecule has 3 unspecified atom stereocenters. The molecule has 0 aliphatic heterocycles. The molecule has 1 aromatic rings. The zero-order chi connectivity index (χ0) is 14.3. The number of carboxylic acid groups (broad SMARTS) is 1. The number of hydrogen-bond acceptors (Lipinski definition) is 1. The van der Waals surface area contributed by atoms with E-state index in [1.54, 1.807) is 0 Å². The van der Waals surface area contributed by atoms with Gasteiger partial charge in [-0.1, -0.05) is 13.0 Å². The van der Waals surface area contributed by atoms with Crippen molar-refractivity contribution in [3.63, 3.8) is 0 Å². The third-order valence-corrected chi connectivity index (χ3v) is 4.81. The summed E-state index contributed by atoms with van der Waals surface area (Å²) in [6, 6.07) is 2.25. The van der Waals surface area contributed by atoms with Crippen LogP contribution in [0.4, 0.5) is 0 Å². The van der Waals surface area contributed by atoms with Crippen LogP contribution in [-0.4, -0.2) is 11.1 Å². The molecule has 0 aromatic heterocycles. The number of hydrogen-bond donors (Lipinski definition) is 1. The molecule has 2 rings (SSSR count). The van der Waals surface area contributed by atoms with Gasteiger partial charge in [-0.25, -0.2) is 0 Å². The Morgan fingerprint density at radius 2 is 1.79 bits per heavy atom. The lowest BCUT2D eigenvalue weighted by Crippen LogP contribution is -2.06. The number of aliphatic carboxylic acids is 1. The fourth-order valence-electron chi connectivity index (χ4n) is 3.37. The number of carboxylic acids is 1. The van der Waals surface area contributed by atoms with E-state index in [0.717, 1.165) is 12.8 Å². The Morgan fingerprint density at radius 3 is 2.21 bits per heavy atom. The maximum atomic E-state index is 10.9. The van der Waals surface area contributed by atoms with Gasteiger partial charge in [-0.05, 0) is 80.2 Å². The van der Waals surface area contributed by atoms with Crippen LogP contribution in [0.25, 0.3) is 0 Å². The van der Waals surface area contributed by atoms with Gasteiger partial charge in [-0.15, -0.1) is 0 Å². The molecule has 1 N–H and O–H groups in total. The van der Waals surface area contributed by atoms with Crippen LogP contribution in [0, 0.1) is 39.5 Å². The topological polar surface area (TPSA) is 37.3 Å². The minimum absolute atomic E-state index is 0.0889. The highest BCUT2D eigenvalue weighted by molar-refractivity contribution is 5.73. The predicted octanol–water partition coefficient (Wildman–Crippen LogP) is 4.13. The molecular weight excluding hydrogens is 236 g/mol. The van der Waals surface area contributed by atoms with E-state index in [9.17, 15) is 4.79 Å². The first kappa shape index (κ1) is 14.1. The molecule has 19 heavy (non-hydrogen) atoms. The molecule has 1 aliphatic carbocycles. The van der Waals surface area contributed by atoms with Gasteiger partial charge in [0.15, 0.2) is 0 Å². The zero-order valence-corrected chi connectivity index (χ0v) is 12.6. The van der Waals surface area contributed by atoms with Crippen LogP contribution in [0.5, 0.6) is 0 Å². The Kier molecular flexibility index (Phi) is 3.71. The quantitative estimate of drug-likeness (QED) is 0.883. The third-order valence-electron chi connectivity index (χ3n) is 4.81.